The van der Waals surface area contributed by atoms with E-state index in [9.17, 15) is 13.6 Å². The molecule has 2 rings (SSSR count). The molecule has 0 spiro atoms. The van der Waals surface area contributed by atoms with Gasteiger partial charge in [0.1, 0.15) is 0 Å². The first-order valence-corrected chi connectivity index (χ1v) is 7.63. The quantitative estimate of drug-likeness (QED) is 0.843. The first-order valence-electron chi connectivity index (χ1n) is 7.63. The van der Waals surface area contributed by atoms with E-state index >= 15 is 0 Å². The van der Waals surface area contributed by atoms with Gasteiger partial charge in [0, 0.05) is 6.42 Å². The number of hydrogen-bond acceptors (Lipinski definition) is 2. The van der Waals surface area contributed by atoms with Gasteiger partial charge in [-0.05, 0) is 57.5 Å². The average molecular weight is 295 g/mol. The van der Waals surface area contributed by atoms with Crippen LogP contribution in [0.15, 0.2) is 18.2 Å². The molecular formula is C17H23F2NO. The molecular weight excluding hydrogens is 272 g/mol. The van der Waals surface area contributed by atoms with Crippen molar-refractivity contribution in [3.05, 3.63) is 35.4 Å². The van der Waals surface area contributed by atoms with Crippen molar-refractivity contribution in [1.82, 2.24) is 4.90 Å². The zero-order valence-corrected chi connectivity index (χ0v) is 12.8. The molecule has 2 nitrogen and oxygen atoms in total. The fourth-order valence-corrected chi connectivity index (χ4v) is 2.86. The topological polar surface area (TPSA) is 20.3 Å². The third-order valence-corrected chi connectivity index (χ3v) is 4.43. The van der Waals surface area contributed by atoms with Crippen molar-refractivity contribution >= 4 is 5.78 Å². The number of Topliss-reactive ketones (excluding diaryl/α,β-unsaturated/α-hetero) is 1. The lowest BCUT2D eigenvalue weighted by molar-refractivity contribution is -0.128. The van der Waals surface area contributed by atoms with Crippen LogP contribution >= 0.6 is 0 Å². The van der Waals surface area contributed by atoms with Crippen LogP contribution < -0.4 is 0 Å². The molecule has 0 atom stereocenters. The van der Waals surface area contributed by atoms with E-state index in [0.717, 1.165) is 38.1 Å². The van der Waals surface area contributed by atoms with Crippen LogP contribution in [0.2, 0.25) is 0 Å². The average Bonchev–Trinajstić information content (AvgIpc) is 2.72. The van der Waals surface area contributed by atoms with Crippen LogP contribution in [-0.2, 0) is 11.2 Å². The number of ketones is 1. The van der Waals surface area contributed by atoms with Gasteiger partial charge in [-0.3, -0.25) is 9.69 Å². The minimum absolute atomic E-state index is 0.0513. The molecule has 0 aliphatic carbocycles. The third kappa shape index (κ3) is 3.88. The number of benzene rings is 1. The molecule has 0 amide bonds. The smallest absolute Gasteiger partial charge is 0.159 e. The Morgan fingerprint density at radius 2 is 1.71 bits per heavy atom. The van der Waals surface area contributed by atoms with E-state index in [1.165, 1.54) is 18.9 Å². The highest BCUT2D eigenvalue weighted by atomic mass is 19.2. The molecule has 1 aliphatic rings. The van der Waals surface area contributed by atoms with Gasteiger partial charge in [0.2, 0.25) is 0 Å². The molecule has 21 heavy (non-hydrogen) atoms. The van der Waals surface area contributed by atoms with Crippen LogP contribution in [0, 0.1) is 11.6 Å². The molecule has 0 bridgehead atoms. The van der Waals surface area contributed by atoms with E-state index in [2.05, 4.69) is 4.90 Å². The van der Waals surface area contributed by atoms with Gasteiger partial charge in [-0.2, -0.15) is 0 Å². The second kappa shape index (κ2) is 6.65. The Kier molecular flexibility index (Phi) is 5.09. The predicted molar refractivity (Wildman–Crippen MR) is 79.2 cm³/mol. The van der Waals surface area contributed by atoms with Crippen molar-refractivity contribution in [1.29, 1.82) is 0 Å². The van der Waals surface area contributed by atoms with Gasteiger partial charge in [0.15, 0.2) is 17.4 Å². The van der Waals surface area contributed by atoms with Gasteiger partial charge in [-0.1, -0.05) is 18.9 Å². The van der Waals surface area contributed by atoms with Crippen molar-refractivity contribution in [2.75, 3.05) is 13.1 Å². The van der Waals surface area contributed by atoms with Gasteiger partial charge in [0.25, 0.3) is 0 Å². The minimum atomic E-state index is -0.895. The molecule has 4 heteroatoms. The highest BCUT2D eigenvalue weighted by Gasteiger charge is 2.34. The molecule has 1 aromatic carbocycles. The van der Waals surface area contributed by atoms with Gasteiger partial charge < -0.3 is 0 Å². The Morgan fingerprint density at radius 3 is 2.29 bits per heavy atom. The number of halogens is 2. The summed E-state index contributed by atoms with van der Waals surface area (Å²) in [4.78, 5) is 14.8. The predicted octanol–water partition coefficient (Wildman–Crippen LogP) is 3.73. The zero-order chi connectivity index (χ0) is 15.5. The Labute approximate surface area is 125 Å². The molecule has 0 unspecified atom stereocenters. The van der Waals surface area contributed by atoms with Gasteiger partial charge in [-0.15, -0.1) is 0 Å². The lowest BCUT2D eigenvalue weighted by Crippen LogP contribution is -2.51. The first-order chi connectivity index (χ1) is 9.91. The SMILES string of the molecule is CC(C)(C(=O)Cc1ccc(F)c(F)c1)N1CCCCCC1. The summed E-state index contributed by atoms with van der Waals surface area (Å²) in [7, 11) is 0. The molecule has 1 fully saturated rings. The lowest BCUT2D eigenvalue weighted by Gasteiger charge is -2.36. The van der Waals surface area contributed by atoms with Crippen LogP contribution in [-0.4, -0.2) is 29.3 Å². The van der Waals surface area contributed by atoms with Crippen molar-refractivity contribution in [3.8, 4) is 0 Å². The third-order valence-electron chi connectivity index (χ3n) is 4.43. The number of carbonyl (C=O) groups excluding carboxylic acids is 1. The van der Waals surface area contributed by atoms with Crippen molar-refractivity contribution in [2.24, 2.45) is 0 Å². The summed E-state index contributed by atoms with van der Waals surface area (Å²) < 4.78 is 26.2. The Bertz CT molecular complexity index is 506. The molecule has 0 radical (unpaired) electrons. The molecule has 1 aromatic rings. The maximum absolute atomic E-state index is 13.2. The monoisotopic (exact) mass is 295 g/mol. The van der Waals surface area contributed by atoms with E-state index < -0.39 is 17.2 Å². The highest BCUT2D eigenvalue weighted by molar-refractivity contribution is 5.89. The van der Waals surface area contributed by atoms with Gasteiger partial charge in [0.05, 0.1) is 5.54 Å². The van der Waals surface area contributed by atoms with Gasteiger partial charge in [-0.25, -0.2) is 8.78 Å². The molecule has 0 aromatic heterocycles. The van der Waals surface area contributed by atoms with Crippen molar-refractivity contribution in [2.45, 2.75) is 51.5 Å². The second-order valence-corrected chi connectivity index (χ2v) is 6.31. The summed E-state index contributed by atoms with van der Waals surface area (Å²) in [5.74, 6) is -1.72. The number of rotatable bonds is 4. The lowest BCUT2D eigenvalue weighted by atomic mass is 9.91. The molecule has 1 saturated heterocycles. The Hall–Kier alpha value is -1.29. The Balaban J connectivity index is 2.08. The summed E-state index contributed by atoms with van der Waals surface area (Å²) in [6, 6.07) is 3.68. The first kappa shape index (κ1) is 16.1. The molecule has 1 aliphatic heterocycles. The number of likely N-dealkylation sites (tertiary alicyclic amines) is 1. The summed E-state index contributed by atoms with van der Waals surface area (Å²) >= 11 is 0. The maximum Gasteiger partial charge on any atom is 0.159 e. The molecule has 0 saturated carbocycles. The normalized spacial score (nSPS) is 17.5. The summed E-state index contributed by atoms with van der Waals surface area (Å²) in [6.45, 7) is 5.72. The summed E-state index contributed by atoms with van der Waals surface area (Å²) in [6.07, 6.45) is 4.79. The van der Waals surface area contributed by atoms with Crippen LogP contribution in [0.5, 0.6) is 0 Å². The molecule has 116 valence electrons. The molecule has 1 heterocycles. The summed E-state index contributed by atoms with van der Waals surface area (Å²) in [5.41, 5.74) is -0.0309. The van der Waals surface area contributed by atoms with Crippen molar-refractivity contribution in [3.63, 3.8) is 0 Å². The largest absolute Gasteiger partial charge is 0.297 e. The maximum atomic E-state index is 13.2. The van der Waals surface area contributed by atoms with E-state index in [-0.39, 0.29) is 12.2 Å². The van der Waals surface area contributed by atoms with Crippen LogP contribution in [0.25, 0.3) is 0 Å². The number of carbonyl (C=O) groups is 1. The highest BCUT2D eigenvalue weighted by Crippen LogP contribution is 2.23. The van der Waals surface area contributed by atoms with E-state index in [1.807, 2.05) is 13.8 Å². The fraction of sp³-hybridized carbons (Fsp3) is 0.588. The standard InChI is InChI=1S/C17H23F2NO/c1-17(2,20-9-5-3-4-6-10-20)16(21)12-13-7-8-14(18)15(19)11-13/h7-8,11H,3-6,9-10,12H2,1-2H3. The van der Waals surface area contributed by atoms with Crippen LogP contribution in [0.4, 0.5) is 8.78 Å². The van der Waals surface area contributed by atoms with Crippen molar-refractivity contribution < 1.29 is 13.6 Å². The second-order valence-electron chi connectivity index (χ2n) is 6.31. The minimum Gasteiger partial charge on any atom is -0.297 e. The number of hydrogen-bond donors (Lipinski definition) is 0. The summed E-state index contributed by atoms with van der Waals surface area (Å²) in [5, 5.41) is 0. The van der Waals surface area contributed by atoms with Crippen LogP contribution in [0.3, 0.4) is 0 Å². The van der Waals surface area contributed by atoms with E-state index in [4.69, 9.17) is 0 Å². The fourth-order valence-electron chi connectivity index (χ4n) is 2.86. The number of nitrogens with zero attached hydrogens (tertiary/aromatic N) is 1. The zero-order valence-electron chi connectivity index (χ0n) is 12.8. The molecule has 0 N–H and O–H groups in total. The van der Waals surface area contributed by atoms with Gasteiger partial charge >= 0.3 is 0 Å². The Morgan fingerprint density at radius 1 is 1.10 bits per heavy atom. The van der Waals surface area contributed by atoms with E-state index in [0.29, 0.717) is 5.56 Å². The van der Waals surface area contributed by atoms with Crippen LogP contribution in [0.1, 0.15) is 45.1 Å². The van der Waals surface area contributed by atoms with E-state index in [1.54, 1.807) is 0 Å².